The molecular formula is C14H13BrN2O2. The molecule has 0 aliphatic heterocycles. The summed E-state index contributed by atoms with van der Waals surface area (Å²) in [5.74, 6) is -0.341. The van der Waals surface area contributed by atoms with Gasteiger partial charge < -0.3 is 16.2 Å². The van der Waals surface area contributed by atoms with Gasteiger partial charge in [-0.05, 0) is 42.8 Å². The van der Waals surface area contributed by atoms with Crippen LogP contribution in [-0.2, 0) is 0 Å². The third-order valence-corrected chi connectivity index (χ3v) is 3.15. The molecule has 4 N–H and O–H groups in total. The van der Waals surface area contributed by atoms with Crippen molar-refractivity contribution in [3.8, 4) is 5.75 Å². The molecule has 2 aromatic carbocycles. The first-order valence-electron chi connectivity index (χ1n) is 5.63. The molecule has 5 heteroatoms. The molecule has 4 nitrogen and oxygen atoms in total. The van der Waals surface area contributed by atoms with Crippen LogP contribution in [0.25, 0.3) is 0 Å². The van der Waals surface area contributed by atoms with Crippen molar-refractivity contribution < 1.29 is 9.90 Å². The average molecular weight is 321 g/mol. The third kappa shape index (κ3) is 3.06. The summed E-state index contributed by atoms with van der Waals surface area (Å²) in [6.45, 7) is 1.88. The van der Waals surface area contributed by atoms with E-state index in [9.17, 15) is 9.90 Å². The second-order valence-corrected chi connectivity index (χ2v) is 5.12. The molecule has 98 valence electrons. The predicted octanol–water partition coefficient (Wildman–Crippen LogP) is 3.30. The molecule has 0 unspecified atom stereocenters. The van der Waals surface area contributed by atoms with Crippen molar-refractivity contribution in [1.82, 2.24) is 0 Å². The number of aromatic hydroxyl groups is 1. The number of rotatable bonds is 2. The highest BCUT2D eigenvalue weighted by Gasteiger charge is 2.12. The molecule has 0 aliphatic rings. The van der Waals surface area contributed by atoms with E-state index in [0.29, 0.717) is 16.9 Å². The van der Waals surface area contributed by atoms with Gasteiger partial charge in [-0.3, -0.25) is 4.79 Å². The lowest BCUT2D eigenvalue weighted by molar-refractivity contribution is 0.102. The van der Waals surface area contributed by atoms with Gasteiger partial charge in [-0.25, -0.2) is 0 Å². The van der Waals surface area contributed by atoms with Crippen LogP contribution in [0.3, 0.4) is 0 Å². The van der Waals surface area contributed by atoms with Crippen LogP contribution in [0.1, 0.15) is 15.9 Å². The molecule has 1 amide bonds. The first kappa shape index (κ1) is 13.4. The summed E-state index contributed by atoms with van der Waals surface area (Å²) in [5.41, 5.74) is 7.81. The summed E-state index contributed by atoms with van der Waals surface area (Å²) in [7, 11) is 0. The highest BCUT2D eigenvalue weighted by atomic mass is 79.9. The van der Waals surface area contributed by atoms with E-state index in [1.807, 2.05) is 6.92 Å². The molecule has 0 atom stereocenters. The maximum Gasteiger partial charge on any atom is 0.257 e. The van der Waals surface area contributed by atoms with Crippen LogP contribution in [-0.4, -0.2) is 11.0 Å². The number of anilines is 2. The second-order valence-electron chi connectivity index (χ2n) is 4.21. The number of phenolic OH excluding ortho intramolecular Hbond substituents is 1. The molecule has 0 aliphatic carbocycles. The van der Waals surface area contributed by atoms with Crippen molar-refractivity contribution in [3.05, 3.63) is 52.0 Å². The lowest BCUT2D eigenvalue weighted by Crippen LogP contribution is -2.14. The summed E-state index contributed by atoms with van der Waals surface area (Å²) in [4.78, 5) is 12.1. The molecule has 2 rings (SSSR count). The van der Waals surface area contributed by atoms with Gasteiger partial charge in [0.15, 0.2) is 0 Å². The zero-order valence-electron chi connectivity index (χ0n) is 10.3. The van der Waals surface area contributed by atoms with Gasteiger partial charge in [0, 0.05) is 10.2 Å². The van der Waals surface area contributed by atoms with Crippen LogP contribution in [0.5, 0.6) is 5.75 Å². The number of halogens is 1. The summed E-state index contributed by atoms with van der Waals surface area (Å²) >= 11 is 3.29. The number of aryl methyl sites for hydroxylation is 1. The fourth-order valence-electron chi connectivity index (χ4n) is 1.66. The van der Waals surface area contributed by atoms with Crippen molar-refractivity contribution in [2.45, 2.75) is 6.92 Å². The van der Waals surface area contributed by atoms with Crippen molar-refractivity contribution >= 4 is 33.2 Å². The molecule has 0 fully saturated rings. The molecule has 0 saturated carbocycles. The summed E-state index contributed by atoms with van der Waals surface area (Å²) in [5, 5.41) is 12.3. The van der Waals surface area contributed by atoms with E-state index in [2.05, 4.69) is 21.2 Å². The molecule has 0 aromatic heterocycles. The Labute approximate surface area is 119 Å². The number of phenols is 1. The van der Waals surface area contributed by atoms with Gasteiger partial charge in [0.05, 0.1) is 11.3 Å². The van der Waals surface area contributed by atoms with Gasteiger partial charge in [0.25, 0.3) is 5.91 Å². The van der Waals surface area contributed by atoms with Gasteiger partial charge in [0.1, 0.15) is 5.75 Å². The van der Waals surface area contributed by atoms with Gasteiger partial charge in [-0.15, -0.1) is 0 Å². The van der Waals surface area contributed by atoms with E-state index in [0.717, 1.165) is 10.0 Å². The second kappa shape index (κ2) is 5.32. The number of amides is 1. The third-order valence-electron chi connectivity index (χ3n) is 2.66. The van der Waals surface area contributed by atoms with Crippen molar-refractivity contribution in [2.24, 2.45) is 0 Å². The van der Waals surface area contributed by atoms with E-state index in [1.165, 1.54) is 6.07 Å². The minimum atomic E-state index is -0.361. The fraction of sp³-hybridized carbons (Fsp3) is 0.0714. The van der Waals surface area contributed by atoms with Crippen molar-refractivity contribution in [3.63, 3.8) is 0 Å². The molecule has 0 heterocycles. The van der Waals surface area contributed by atoms with Crippen LogP contribution < -0.4 is 11.1 Å². The summed E-state index contributed by atoms with van der Waals surface area (Å²) < 4.78 is 0.764. The highest BCUT2D eigenvalue weighted by Crippen LogP contribution is 2.26. The molecule has 0 saturated heterocycles. The monoisotopic (exact) mass is 320 g/mol. The number of carbonyl (C=O) groups is 1. The Bertz CT molecular complexity index is 641. The van der Waals surface area contributed by atoms with E-state index in [1.54, 1.807) is 30.3 Å². The molecule has 0 radical (unpaired) electrons. The molecule has 19 heavy (non-hydrogen) atoms. The standard InChI is InChI=1S/C14H13BrN2O2/c1-8-2-5-13(18)12(6-8)17-14(19)10-7-9(15)3-4-11(10)16/h2-7,18H,16H2,1H3,(H,17,19). The highest BCUT2D eigenvalue weighted by molar-refractivity contribution is 9.10. The van der Waals surface area contributed by atoms with E-state index in [4.69, 9.17) is 5.73 Å². The zero-order chi connectivity index (χ0) is 14.0. The fourth-order valence-corrected chi connectivity index (χ4v) is 2.03. The minimum absolute atomic E-state index is 0.0209. The van der Waals surface area contributed by atoms with E-state index in [-0.39, 0.29) is 11.7 Å². The van der Waals surface area contributed by atoms with Gasteiger partial charge in [-0.2, -0.15) is 0 Å². The quantitative estimate of drug-likeness (QED) is 0.587. The van der Waals surface area contributed by atoms with Crippen LogP contribution in [0.4, 0.5) is 11.4 Å². The minimum Gasteiger partial charge on any atom is -0.506 e. The van der Waals surface area contributed by atoms with Crippen LogP contribution in [0.2, 0.25) is 0 Å². The largest absolute Gasteiger partial charge is 0.506 e. The molecule has 2 aromatic rings. The summed E-state index contributed by atoms with van der Waals surface area (Å²) in [6, 6.07) is 10.0. The van der Waals surface area contributed by atoms with Crippen molar-refractivity contribution in [1.29, 1.82) is 0 Å². The van der Waals surface area contributed by atoms with Gasteiger partial charge in [0.2, 0.25) is 0 Å². The van der Waals surface area contributed by atoms with Gasteiger partial charge >= 0.3 is 0 Å². The normalized spacial score (nSPS) is 10.2. The zero-order valence-corrected chi connectivity index (χ0v) is 11.9. The van der Waals surface area contributed by atoms with Crippen LogP contribution in [0, 0.1) is 6.92 Å². The molecule has 0 spiro atoms. The number of hydrogen-bond acceptors (Lipinski definition) is 3. The Hall–Kier alpha value is -2.01. The number of nitrogens with two attached hydrogens (primary N) is 1. The average Bonchev–Trinajstić information content (AvgIpc) is 2.36. The maximum atomic E-state index is 12.1. The Morgan fingerprint density at radius 1 is 1.26 bits per heavy atom. The number of benzene rings is 2. The number of carbonyl (C=O) groups excluding carboxylic acids is 1. The topological polar surface area (TPSA) is 75.3 Å². The Kier molecular flexibility index (Phi) is 3.76. The van der Waals surface area contributed by atoms with E-state index >= 15 is 0 Å². The first-order chi connectivity index (χ1) is 8.97. The summed E-state index contributed by atoms with van der Waals surface area (Å²) in [6.07, 6.45) is 0. The Balaban J connectivity index is 2.30. The molecule has 0 bridgehead atoms. The SMILES string of the molecule is Cc1ccc(O)c(NC(=O)c2cc(Br)ccc2N)c1. The molecular weight excluding hydrogens is 308 g/mol. The smallest absolute Gasteiger partial charge is 0.257 e. The number of nitrogen functional groups attached to an aromatic ring is 1. The lowest BCUT2D eigenvalue weighted by Gasteiger charge is -2.10. The Morgan fingerprint density at radius 3 is 2.74 bits per heavy atom. The van der Waals surface area contributed by atoms with Crippen LogP contribution >= 0.6 is 15.9 Å². The van der Waals surface area contributed by atoms with Crippen LogP contribution in [0.15, 0.2) is 40.9 Å². The first-order valence-corrected chi connectivity index (χ1v) is 6.42. The van der Waals surface area contributed by atoms with Gasteiger partial charge in [-0.1, -0.05) is 22.0 Å². The predicted molar refractivity (Wildman–Crippen MR) is 79.4 cm³/mol. The Morgan fingerprint density at radius 2 is 2.00 bits per heavy atom. The number of nitrogens with one attached hydrogen (secondary N) is 1. The number of hydrogen-bond donors (Lipinski definition) is 3. The van der Waals surface area contributed by atoms with Crippen molar-refractivity contribution in [2.75, 3.05) is 11.1 Å². The maximum absolute atomic E-state index is 12.1. The lowest BCUT2D eigenvalue weighted by atomic mass is 10.1. The van der Waals surface area contributed by atoms with E-state index < -0.39 is 0 Å².